The van der Waals surface area contributed by atoms with Crippen LogP contribution in [0.15, 0.2) is 10.5 Å². The maximum atomic E-state index is 10.9. The second-order valence-electron chi connectivity index (χ2n) is 2.52. The summed E-state index contributed by atoms with van der Waals surface area (Å²) < 4.78 is 0. The van der Waals surface area contributed by atoms with Crippen molar-refractivity contribution in [1.29, 1.82) is 0 Å². The van der Waals surface area contributed by atoms with Crippen LogP contribution in [0.25, 0.3) is 0 Å². The Labute approximate surface area is 95.3 Å². The number of carbonyl (C=O) groups is 1. The minimum Gasteiger partial charge on any atom is -0.375 e. The van der Waals surface area contributed by atoms with Crippen molar-refractivity contribution in [3.05, 3.63) is 11.1 Å². The molecule has 0 aliphatic heterocycles. The first-order valence-electron chi connectivity index (χ1n) is 4.29. The third kappa shape index (κ3) is 3.31. The molecule has 0 aliphatic carbocycles. The van der Waals surface area contributed by atoms with Gasteiger partial charge in [-0.05, 0) is 6.92 Å². The van der Waals surface area contributed by atoms with Gasteiger partial charge in [0, 0.05) is 11.9 Å². The van der Waals surface area contributed by atoms with Crippen molar-refractivity contribution in [2.75, 3.05) is 12.3 Å². The Morgan fingerprint density at radius 1 is 1.81 bits per heavy atom. The highest BCUT2D eigenvalue weighted by Gasteiger charge is 2.10. The summed E-state index contributed by atoms with van der Waals surface area (Å²) in [5.74, 6) is 0. The molecule has 0 saturated heterocycles. The van der Waals surface area contributed by atoms with Crippen molar-refractivity contribution < 1.29 is 14.4 Å². The standard InChI is InChI=1S/C8H9N4O3S/c1-2-10-8(14)15-12-5(3-13)6-4-16-7(9)11-6/h4H,2H2,1H3,(H2,9,11)(H,10,14)/b12-5+. The van der Waals surface area contributed by atoms with Crippen molar-refractivity contribution >= 4 is 34.6 Å². The number of nitrogens with zero attached hydrogens (tertiary/aromatic N) is 2. The van der Waals surface area contributed by atoms with Crippen LogP contribution in [-0.2, 0) is 9.63 Å². The number of nitrogens with two attached hydrogens (primary N) is 1. The van der Waals surface area contributed by atoms with Gasteiger partial charge >= 0.3 is 6.09 Å². The van der Waals surface area contributed by atoms with Crippen LogP contribution in [-0.4, -0.2) is 29.6 Å². The van der Waals surface area contributed by atoms with Crippen molar-refractivity contribution in [2.45, 2.75) is 6.92 Å². The summed E-state index contributed by atoms with van der Waals surface area (Å²) in [4.78, 5) is 29.6. The summed E-state index contributed by atoms with van der Waals surface area (Å²) in [7, 11) is 0. The first-order chi connectivity index (χ1) is 7.67. The fourth-order valence-electron chi connectivity index (χ4n) is 0.778. The van der Waals surface area contributed by atoms with Gasteiger partial charge in [0.2, 0.25) is 0 Å². The van der Waals surface area contributed by atoms with Gasteiger partial charge in [0.1, 0.15) is 5.69 Å². The van der Waals surface area contributed by atoms with Crippen molar-refractivity contribution in [2.24, 2.45) is 5.16 Å². The molecule has 7 nitrogen and oxygen atoms in total. The number of carbonyl (C=O) groups excluding carboxylic acids is 2. The van der Waals surface area contributed by atoms with E-state index in [2.05, 4.69) is 20.3 Å². The predicted octanol–water partition coefficient (Wildman–Crippen LogP) is 0.285. The molecule has 0 bridgehead atoms. The molecule has 0 saturated carbocycles. The number of hydrogen-bond donors (Lipinski definition) is 2. The molecule has 1 radical (unpaired) electrons. The molecule has 0 fully saturated rings. The lowest BCUT2D eigenvalue weighted by atomic mass is 10.3. The summed E-state index contributed by atoms with van der Waals surface area (Å²) in [5.41, 5.74) is 5.39. The number of amides is 1. The van der Waals surface area contributed by atoms with Crippen LogP contribution in [0.2, 0.25) is 0 Å². The predicted molar refractivity (Wildman–Crippen MR) is 58.9 cm³/mol. The van der Waals surface area contributed by atoms with E-state index in [4.69, 9.17) is 5.73 Å². The van der Waals surface area contributed by atoms with Gasteiger partial charge in [0.25, 0.3) is 6.29 Å². The zero-order chi connectivity index (χ0) is 12.0. The van der Waals surface area contributed by atoms with E-state index in [0.717, 1.165) is 11.3 Å². The molecule has 0 atom stereocenters. The Balaban J connectivity index is 2.71. The molecule has 1 amide bonds. The molecule has 0 aromatic carbocycles. The van der Waals surface area contributed by atoms with Gasteiger partial charge < -0.3 is 11.1 Å². The van der Waals surface area contributed by atoms with Gasteiger partial charge in [0.15, 0.2) is 10.8 Å². The van der Waals surface area contributed by atoms with Crippen LogP contribution in [0, 0.1) is 0 Å². The highest BCUT2D eigenvalue weighted by atomic mass is 32.1. The number of nitrogen functional groups attached to an aromatic ring is 1. The molecular weight excluding hydrogens is 232 g/mol. The minimum atomic E-state index is -0.751. The SMILES string of the molecule is CCNC(=O)O/N=C(\[C]=O)c1csc(N)n1. The smallest absolute Gasteiger partial charge is 0.375 e. The normalized spacial score (nSPS) is 10.9. The van der Waals surface area contributed by atoms with Crippen LogP contribution in [0.5, 0.6) is 0 Å². The average molecular weight is 241 g/mol. The van der Waals surface area contributed by atoms with Gasteiger partial charge in [-0.3, -0.25) is 9.63 Å². The molecule has 3 N–H and O–H groups in total. The van der Waals surface area contributed by atoms with Crippen LogP contribution in [0.1, 0.15) is 12.6 Å². The Bertz CT molecular complexity index is 415. The molecule has 1 aromatic heterocycles. The third-order valence-electron chi connectivity index (χ3n) is 1.40. The van der Waals surface area contributed by atoms with Crippen LogP contribution in [0.3, 0.4) is 0 Å². The average Bonchev–Trinajstić information content (AvgIpc) is 2.66. The van der Waals surface area contributed by atoms with Crippen molar-refractivity contribution in [3.8, 4) is 0 Å². The first-order valence-corrected chi connectivity index (χ1v) is 5.17. The number of nitrogens with one attached hydrogen (secondary N) is 1. The zero-order valence-electron chi connectivity index (χ0n) is 8.39. The van der Waals surface area contributed by atoms with Crippen molar-refractivity contribution in [1.82, 2.24) is 10.3 Å². The number of rotatable bonds is 4. The lowest BCUT2D eigenvalue weighted by Crippen LogP contribution is -2.22. The Morgan fingerprint density at radius 3 is 3.06 bits per heavy atom. The lowest BCUT2D eigenvalue weighted by molar-refractivity contribution is 0.151. The summed E-state index contributed by atoms with van der Waals surface area (Å²) >= 11 is 1.14. The van der Waals surface area contributed by atoms with Gasteiger partial charge in [-0.1, -0.05) is 5.16 Å². The largest absolute Gasteiger partial charge is 0.433 e. The molecule has 1 heterocycles. The fourth-order valence-corrected chi connectivity index (χ4v) is 1.33. The van der Waals surface area contributed by atoms with E-state index < -0.39 is 6.09 Å². The van der Waals surface area contributed by atoms with Gasteiger partial charge in [0.05, 0.1) is 0 Å². The molecule has 0 unspecified atom stereocenters. The number of oxime groups is 1. The van der Waals surface area contributed by atoms with Crippen LogP contribution >= 0.6 is 11.3 Å². The number of anilines is 1. The summed E-state index contributed by atoms with van der Waals surface area (Å²) in [6.45, 7) is 2.12. The maximum absolute atomic E-state index is 10.9. The fraction of sp³-hybridized carbons (Fsp3) is 0.250. The molecule has 0 spiro atoms. The Hall–Kier alpha value is -1.96. The summed E-state index contributed by atoms with van der Waals surface area (Å²) in [6.07, 6.45) is 0.761. The van der Waals surface area contributed by atoms with E-state index in [0.29, 0.717) is 6.54 Å². The molecule has 0 aliphatic rings. The van der Waals surface area contributed by atoms with Crippen molar-refractivity contribution in [3.63, 3.8) is 0 Å². The number of aromatic nitrogens is 1. The third-order valence-corrected chi connectivity index (χ3v) is 2.08. The van der Waals surface area contributed by atoms with E-state index in [-0.39, 0.29) is 16.5 Å². The summed E-state index contributed by atoms with van der Waals surface area (Å²) in [6, 6.07) is 0. The molecular formula is C8H9N4O3S. The lowest BCUT2D eigenvalue weighted by Gasteiger charge is -1.97. The molecule has 1 rings (SSSR count). The van der Waals surface area contributed by atoms with E-state index in [1.807, 2.05) is 0 Å². The second-order valence-corrected chi connectivity index (χ2v) is 3.41. The van der Waals surface area contributed by atoms with E-state index >= 15 is 0 Å². The highest BCUT2D eigenvalue weighted by molar-refractivity contribution is 7.13. The minimum absolute atomic E-state index is 0.209. The Morgan fingerprint density at radius 2 is 2.56 bits per heavy atom. The topological polar surface area (TPSA) is 107 Å². The van der Waals surface area contributed by atoms with Gasteiger partial charge in [-0.15, -0.1) is 11.3 Å². The molecule has 16 heavy (non-hydrogen) atoms. The van der Waals surface area contributed by atoms with E-state index in [9.17, 15) is 9.59 Å². The number of hydrogen-bond acceptors (Lipinski definition) is 7. The van der Waals surface area contributed by atoms with Crippen LogP contribution in [0.4, 0.5) is 9.93 Å². The maximum Gasteiger partial charge on any atom is 0.433 e. The quantitative estimate of drug-likeness (QED) is 0.447. The monoisotopic (exact) mass is 241 g/mol. The summed E-state index contributed by atoms with van der Waals surface area (Å²) in [5, 5.41) is 7.46. The Kier molecular flexibility index (Phi) is 4.40. The number of thiazole rings is 1. The van der Waals surface area contributed by atoms with Crippen LogP contribution < -0.4 is 11.1 Å². The zero-order valence-corrected chi connectivity index (χ0v) is 9.21. The molecule has 8 heteroatoms. The molecule has 1 aromatic rings. The van der Waals surface area contributed by atoms with Gasteiger partial charge in [-0.25, -0.2) is 9.78 Å². The van der Waals surface area contributed by atoms with Gasteiger partial charge in [-0.2, -0.15) is 0 Å². The van der Waals surface area contributed by atoms with E-state index in [1.54, 1.807) is 6.92 Å². The van der Waals surface area contributed by atoms with E-state index in [1.165, 1.54) is 11.7 Å². The second kappa shape index (κ2) is 5.81. The highest BCUT2D eigenvalue weighted by Crippen LogP contribution is 2.11. The first kappa shape index (κ1) is 12.1. The molecule has 85 valence electrons.